The molecule has 8 heteroatoms. The van der Waals surface area contributed by atoms with E-state index in [1.54, 1.807) is 18.6 Å². The Morgan fingerprint density at radius 1 is 1.29 bits per heavy atom. The largest absolute Gasteiger partial charge is 0.479 e. The Morgan fingerprint density at radius 3 is 2.92 bits per heavy atom. The zero-order valence-corrected chi connectivity index (χ0v) is 13.1. The second kappa shape index (κ2) is 6.04. The summed E-state index contributed by atoms with van der Waals surface area (Å²) in [5, 5.41) is 11.5. The molecule has 0 aliphatic carbocycles. The summed E-state index contributed by atoms with van der Waals surface area (Å²) >= 11 is 0. The van der Waals surface area contributed by atoms with Gasteiger partial charge in [0.2, 0.25) is 5.88 Å². The third-order valence-electron chi connectivity index (χ3n) is 4.07. The van der Waals surface area contributed by atoms with E-state index in [2.05, 4.69) is 15.2 Å². The van der Waals surface area contributed by atoms with E-state index in [1.165, 1.54) is 13.2 Å². The highest BCUT2D eigenvalue weighted by Gasteiger charge is 2.23. The first-order chi connectivity index (χ1) is 11.8. The minimum atomic E-state index is -0.508. The quantitative estimate of drug-likeness (QED) is 0.794. The first-order valence-electron chi connectivity index (χ1n) is 7.65. The molecular formula is C16H16FN5O2. The van der Waals surface area contributed by atoms with E-state index in [4.69, 9.17) is 14.6 Å². The van der Waals surface area contributed by atoms with E-state index in [0.717, 1.165) is 29.8 Å². The average molecular weight is 329 g/mol. The normalized spacial score (nSPS) is 14.2. The number of hydrogen-bond donors (Lipinski definition) is 1. The molecule has 4 rings (SSSR count). The Morgan fingerprint density at radius 2 is 2.17 bits per heavy atom. The predicted octanol–water partition coefficient (Wildman–Crippen LogP) is 1.92. The number of rotatable bonds is 3. The molecule has 0 radical (unpaired) electrons. The van der Waals surface area contributed by atoms with Crippen LogP contribution in [0, 0.1) is 5.82 Å². The summed E-state index contributed by atoms with van der Waals surface area (Å²) in [6.45, 7) is 1.24. The van der Waals surface area contributed by atoms with Gasteiger partial charge in [0, 0.05) is 29.9 Å². The lowest BCUT2D eigenvalue weighted by atomic mass is 10.0. The van der Waals surface area contributed by atoms with Gasteiger partial charge in [-0.3, -0.25) is 5.10 Å². The maximum absolute atomic E-state index is 14.1. The summed E-state index contributed by atoms with van der Waals surface area (Å²) in [7, 11) is 1.39. The van der Waals surface area contributed by atoms with Gasteiger partial charge in [0.05, 0.1) is 37.9 Å². The first kappa shape index (κ1) is 14.8. The van der Waals surface area contributed by atoms with Gasteiger partial charge < -0.3 is 9.47 Å². The summed E-state index contributed by atoms with van der Waals surface area (Å²) in [6.07, 6.45) is 6.51. The second-order valence-electron chi connectivity index (χ2n) is 5.47. The van der Waals surface area contributed by atoms with E-state index in [1.807, 2.05) is 4.68 Å². The molecular weight excluding hydrogens is 313 g/mol. The fourth-order valence-corrected chi connectivity index (χ4v) is 2.96. The van der Waals surface area contributed by atoms with Crippen molar-refractivity contribution in [1.29, 1.82) is 0 Å². The second-order valence-corrected chi connectivity index (χ2v) is 5.47. The summed E-state index contributed by atoms with van der Waals surface area (Å²) < 4.78 is 26.4. The number of methoxy groups -OCH3 is 1. The van der Waals surface area contributed by atoms with Crippen LogP contribution in [0.5, 0.6) is 5.88 Å². The van der Waals surface area contributed by atoms with Gasteiger partial charge in [-0.2, -0.15) is 10.2 Å². The molecule has 124 valence electrons. The highest BCUT2D eigenvalue weighted by Crippen LogP contribution is 2.31. The molecule has 0 unspecified atom stereocenters. The third-order valence-corrected chi connectivity index (χ3v) is 4.07. The average Bonchev–Trinajstić information content (AvgIpc) is 3.17. The van der Waals surface area contributed by atoms with Crippen LogP contribution < -0.4 is 4.74 Å². The topological polar surface area (TPSA) is 77.9 Å². The molecule has 3 aromatic rings. The van der Waals surface area contributed by atoms with Gasteiger partial charge in [-0.1, -0.05) is 0 Å². The number of halogens is 1. The zero-order valence-electron chi connectivity index (χ0n) is 13.1. The van der Waals surface area contributed by atoms with Gasteiger partial charge in [-0.25, -0.2) is 14.1 Å². The van der Waals surface area contributed by atoms with Crippen LogP contribution in [-0.2, 0) is 17.6 Å². The number of nitrogens with one attached hydrogen (secondary N) is 1. The van der Waals surface area contributed by atoms with Gasteiger partial charge in [0.1, 0.15) is 5.69 Å². The van der Waals surface area contributed by atoms with Crippen molar-refractivity contribution in [1.82, 2.24) is 25.0 Å². The first-order valence-corrected chi connectivity index (χ1v) is 7.65. The molecule has 1 N–H and O–H groups in total. The molecule has 24 heavy (non-hydrogen) atoms. The van der Waals surface area contributed by atoms with Crippen LogP contribution >= 0.6 is 0 Å². The molecule has 4 heterocycles. The van der Waals surface area contributed by atoms with E-state index in [9.17, 15) is 4.39 Å². The standard InChI is InChI=1S/C16H16FN5O2/c1-23-16-13(17)6-10(7-18-16)15-12-2-4-24-5-3-14(12)22(21-15)11-8-19-20-9-11/h6-9H,2-5H2,1H3,(H,19,20). The summed E-state index contributed by atoms with van der Waals surface area (Å²) in [4.78, 5) is 4.02. The predicted molar refractivity (Wildman–Crippen MR) is 83.7 cm³/mol. The molecule has 3 aromatic heterocycles. The number of aromatic nitrogens is 5. The lowest BCUT2D eigenvalue weighted by Gasteiger charge is -2.04. The molecule has 0 bridgehead atoms. The smallest absolute Gasteiger partial charge is 0.250 e. The number of H-pyrrole nitrogens is 1. The van der Waals surface area contributed by atoms with Crippen LogP contribution in [0.1, 0.15) is 11.3 Å². The number of pyridine rings is 1. The minimum absolute atomic E-state index is 0.0255. The number of nitrogens with zero attached hydrogens (tertiary/aromatic N) is 4. The summed E-state index contributed by atoms with van der Waals surface area (Å²) in [5.74, 6) is -0.533. The molecule has 1 aliphatic heterocycles. The third kappa shape index (κ3) is 2.44. The highest BCUT2D eigenvalue weighted by molar-refractivity contribution is 5.65. The maximum atomic E-state index is 14.1. The Bertz CT molecular complexity index is 860. The van der Waals surface area contributed by atoms with Gasteiger partial charge in [0.25, 0.3) is 0 Å². The van der Waals surface area contributed by atoms with Gasteiger partial charge in [-0.05, 0) is 12.5 Å². The van der Waals surface area contributed by atoms with E-state index >= 15 is 0 Å². The number of aromatic amines is 1. The van der Waals surface area contributed by atoms with Crippen LogP contribution in [-0.4, -0.2) is 45.3 Å². The van der Waals surface area contributed by atoms with Crippen LogP contribution in [0.3, 0.4) is 0 Å². The molecule has 0 aromatic carbocycles. The Balaban J connectivity index is 1.88. The van der Waals surface area contributed by atoms with Crippen molar-refractivity contribution >= 4 is 0 Å². The fraction of sp³-hybridized carbons (Fsp3) is 0.312. The Labute approximate surface area is 137 Å². The molecule has 1 aliphatic rings. The lowest BCUT2D eigenvalue weighted by Crippen LogP contribution is -2.04. The van der Waals surface area contributed by atoms with E-state index in [-0.39, 0.29) is 5.88 Å². The van der Waals surface area contributed by atoms with Crippen LogP contribution in [0.25, 0.3) is 16.9 Å². The van der Waals surface area contributed by atoms with Crippen molar-refractivity contribution in [2.24, 2.45) is 0 Å². The molecule has 7 nitrogen and oxygen atoms in total. The van der Waals surface area contributed by atoms with Crippen molar-refractivity contribution in [2.75, 3.05) is 20.3 Å². The Kier molecular flexibility index (Phi) is 3.73. The monoisotopic (exact) mass is 329 g/mol. The fourth-order valence-electron chi connectivity index (χ4n) is 2.96. The number of fused-ring (bicyclic) bond motifs is 1. The van der Waals surface area contributed by atoms with Gasteiger partial charge in [0.15, 0.2) is 5.82 Å². The number of ether oxygens (including phenoxy) is 2. The van der Waals surface area contributed by atoms with Gasteiger partial charge >= 0.3 is 0 Å². The molecule has 0 fully saturated rings. The lowest BCUT2D eigenvalue weighted by molar-refractivity contribution is 0.145. The van der Waals surface area contributed by atoms with Crippen molar-refractivity contribution in [2.45, 2.75) is 12.8 Å². The molecule has 0 atom stereocenters. The van der Waals surface area contributed by atoms with Crippen molar-refractivity contribution < 1.29 is 13.9 Å². The minimum Gasteiger partial charge on any atom is -0.479 e. The SMILES string of the molecule is COc1ncc(-c2nn(-c3cn[nH]c3)c3c2CCOCC3)cc1F. The van der Waals surface area contributed by atoms with E-state index in [0.29, 0.717) is 24.5 Å². The van der Waals surface area contributed by atoms with Crippen molar-refractivity contribution in [3.8, 4) is 22.8 Å². The highest BCUT2D eigenvalue weighted by atomic mass is 19.1. The zero-order chi connectivity index (χ0) is 16.5. The molecule has 0 spiro atoms. The van der Waals surface area contributed by atoms with Crippen LogP contribution in [0.2, 0.25) is 0 Å². The van der Waals surface area contributed by atoms with Crippen molar-refractivity contribution in [3.63, 3.8) is 0 Å². The summed E-state index contributed by atoms with van der Waals surface area (Å²) in [5.41, 5.74) is 4.28. The van der Waals surface area contributed by atoms with Crippen molar-refractivity contribution in [3.05, 3.63) is 41.7 Å². The van der Waals surface area contributed by atoms with Crippen LogP contribution in [0.15, 0.2) is 24.7 Å². The van der Waals surface area contributed by atoms with E-state index < -0.39 is 5.82 Å². The maximum Gasteiger partial charge on any atom is 0.250 e. The van der Waals surface area contributed by atoms with Gasteiger partial charge in [-0.15, -0.1) is 0 Å². The number of hydrogen-bond acceptors (Lipinski definition) is 5. The summed E-state index contributed by atoms with van der Waals surface area (Å²) in [6, 6.07) is 1.40. The van der Waals surface area contributed by atoms with Crippen LogP contribution in [0.4, 0.5) is 4.39 Å². The molecule has 0 saturated heterocycles. The molecule has 0 saturated carbocycles. The Hall–Kier alpha value is -2.74. The molecule has 0 amide bonds.